The lowest BCUT2D eigenvalue weighted by Crippen LogP contribution is -2.32. The number of nitrogens with zero attached hydrogens (tertiary/aromatic N) is 1. The largest absolute Gasteiger partial charge is 0.396 e. The van der Waals surface area contributed by atoms with Gasteiger partial charge in [-0.15, -0.1) is 0 Å². The van der Waals surface area contributed by atoms with Crippen LogP contribution in [-0.2, 0) is 0 Å². The first-order valence-corrected chi connectivity index (χ1v) is 9.79. The van der Waals surface area contributed by atoms with E-state index >= 15 is 0 Å². The number of aliphatic hydroxyl groups is 1. The van der Waals surface area contributed by atoms with Crippen LogP contribution in [0.1, 0.15) is 66.2 Å². The molecule has 2 rings (SSSR count). The van der Waals surface area contributed by atoms with Crippen molar-refractivity contribution in [2.75, 3.05) is 26.7 Å². The molecule has 2 amide bonds. The average molecular weight is 360 g/mol. The molecule has 1 aliphatic rings. The fraction of sp³-hybridized carbons (Fsp3) is 0.619. The fourth-order valence-corrected chi connectivity index (χ4v) is 3.61. The molecule has 26 heavy (non-hydrogen) atoms. The van der Waals surface area contributed by atoms with E-state index in [0.717, 1.165) is 6.42 Å². The van der Waals surface area contributed by atoms with Crippen molar-refractivity contribution < 1.29 is 14.7 Å². The van der Waals surface area contributed by atoms with Gasteiger partial charge in [-0.25, -0.2) is 0 Å². The van der Waals surface area contributed by atoms with Gasteiger partial charge in [-0.2, -0.15) is 0 Å². The van der Waals surface area contributed by atoms with Crippen molar-refractivity contribution in [2.45, 2.75) is 45.4 Å². The number of amides is 2. The van der Waals surface area contributed by atoms with E-state index in [9.17, 15) is 14.7 Å². The van der Waals surface area contributed by atoms with Gasteiger partial charge < -0.3 is 15.3 Å². The zero-order chi connectivity index (χ0) is 18.9. The van der Waals surface area contributed by atoms with E-state index in [-0.39, 0.29) is 24.3 Å². The number of benzene rings is 1. The van der Waals surface area contributed by atoms with Crippen molar-refractivity contribution in [3.63, 3.8) is 0 Å². The molecule has 1 atom stereocenters. The van der Waals surface area contributed by atoms with E-state index in [1.807, 2.05) is 6.92 Å². The molecule has 0 heterocycles. The highest BCUT2D eigenvalue weighted by molar-refractivity contribution is 5.99. The van der Waals surface area contributed by atoms with Crippen LogP contribution in [0.15, 0.2) is 24.3 Å². The van der Waals surface area contributed by atoms with Gasteiger partial charge in [0.05, 0.1) is 0 Å². The minimum Gasteiger partial charge on any atom is -0.396 e. The first kappa shape index (κ1) is 20.4. The van der Waals surface area contributed by atoms with Crippen LogP contribution < -0.4 is 5.32 Å². The Hall–Kier alpha value is -1.88. The van der Waals surface area contributed by atoms with Crippen LogP contribution in [0.5, 0.6) is 0 Å². The third-order valence-electron chi connectivity index (χ3n) is 5.39. The van der Waals surface area contributed by atoms with Crippen LogP contribution in [0.2, 0.25) is 0 Å². The van der Waals surface area contributed by atoms with E-state index in [4.69, 9.17) is 0 Å². The zero-order valence-electron chi connectivity index (χ0n) is 16.0. The lowest BCUT2D eigenvalue weighted by molar-refractivity contribution is 0.0802. The molecule has 0 spiro atoms. The van der Waals surface area contributed by atoms with Gasteiger partial charge in [0.2, 0.25) is 0 Å². The standard InChI is InChI=1S/C21H32N2O3/c1-3-23(2)21(26)19-11-7-10-18(13-19)20(25)22-14-17(15-24)12-16-8-5-4-6-9-16/h7,10-11,13,16-17,24H,3-6,8-9,12,14-15H2,1-2H3,(H,22,25). The van der Waals surface area contributed by atoms with E-state index in [2.05, 4.69) is 5.32 Å². The van der Waals surface area contributed by atoms with E-state index in [0.29, 0.717) is 30.1 Å². The van der Waals surface area contributed by atoms with E-state index in [1.54, 1.807) is 36.2 Å². The van der Waals surface area contributed by atoms with Crippen molar-refractivity contribution >= 4 is 11.8 Å². The molecule has 1 aromatic rings. The summed E-state index contributed by atoms with van der Waals surface area (Å²) in [4.78, 5) is 26.3. The lowest BCUT2D eigenvalue weighted by atomic mass is 9.83. The van der Waals surface area contributed by atoms with Gasteiger partial charge in [0.1, 0.15) is 0 Å². The summed E-state index contributed by atoms with van der Waals surface area (Å²) in [6.07, 6.45) is 7.32. The zero-order valence-corrected chi connectivity index (χ0v) is 16.0. The summed E-state index contributed by atoms with van der Waals surface area (Å²) >= 11 is 0. The van der Waals surface area contributed by atoms with Crippen LogP contribution in [0.25, 0.3) is 0 Å². The normalized spacial score (nSPS) is 16.1. The minimum absolute atomic E-state index is 0.0901. The number of rotatable bonds is 8. The molecule has 0 aliphatic heterocycles. The first-order valence-electron chi connectivity index (χ1n) is 9.79. The molecule has 5 nitrogen and oxygen atoms in total. The molecule has 1 unspecified atom stereocenters. The van der Waals surface area contributed by atoms with Crippen molar-refractivity contribution in [2.24, 2.45) is 11.8 Å². The van der Waals surface area contributed by atoms with Crippen molar-refractivity contribution in [3.8, 4) is 0 Å². The highest BCUT2D eigenvalue weighted by Crippen LogP contribution is 2.28. The van der Waals surface area contributed by atoms with Crippen LogP contribution in [-0.4, -0.2) is 48.6 Å². The third-order valence-corrected chi connectivity index (χ3v) is 5.39. The predicted octanol–water partition coefficient (Wildman–Crippen LogP) is 3.09. The van der Waals surface area contributed by atoms with Gasteiger partial charge in [-0.05, 0) is 43.4 Å². The molecule has 1 aliphatic carbocycles. The highest BCUT2D eigenvalue weighted by Gasteiger charge is 2.20. The molecule has 5 heteroatoms. The SMILES string of the molecule is CCN(C)C(=O)c1cccc(C(=O)NCC(CO)CC2CCCCC2)c1. The highest BCUT2D eigenvalue weighted by atomic mass is 16.3. The van der Waals surface area contributed by atoms with Gasteiger partial charge >= 0.3 is 0 Å². The molecule has 0 radical (unpaired) electrons. The third kappa shape index (κ3) is 5.84. The summed E-state index contributed by atoms with van der Waals surface area (Å²) < 4.78 is 0. The van der Waals surface area contributed by atoms with Gasteiger partial charge in [-0.3, -0.25) is 9.59 Å². The molecule has 0 bridgehead atoms. The van der Waals surface area contributed by atoms with E-state index < -0.39 is 0 Å². The molecule has 144 valence electrons. The molecular weight excluding hydrogens is 328 g/mol. The predicted molar refractivity (Wildman–Crippen MR) is 103 cm³/mol. The molecule has 1 saturated carbocycles. The molecule has 2 N–H and O–H groups in total. The van der Waals surface area contributed by atoms with Gasteiger partial charge in [0.15, 0.2) is 0 Å². The minimum atomic E-state index is -0.194. The second-order valence-corrected chi connectivity index (χ2v) is 7.40. The molecule has 0 aromatic heterocycles. The molecular formula is C21H32N2O3. The maximum atomic E-state index is 12.5. The number of carbonyl (C=O) groups is 2. The molecule has 1 fully saturated rings. The van der Waals surface area contributed by atoms with Gasteiger partial charge in [0, 0.05) is 37.9 Å². The Morgan fingerprint density at radius 2 is 1.92 bits per heavy atom. The summed E-state index contributed by atoms with van der Waals surface area (Å²) in [6, 6.07) is 6.81. The Labute approximate surface area is 156 Å². The van der Waals surface area contributed by atoms with Crippen LogP contribution in [0.3, 0.4) is 0 Å². The number of nitrogens with one attached hydrogen (secondary N) is 1. The number of hydrogen-bond donors (Lipinski definition) is 2. The number of hydrogen-bond acceptors (Lipinski definition) is 3. The average Bonchev–Trinajstić information content (AvgIpc) is 2.70. The molecule has 0 saturated heterocycles. The maximum Gasteiger partial charge on any atom is 0.253 e. The van der Waals surface area contributed by atoms with Gasteiger partial charge in [-0.1, -0.05) is 38.2 Å². The van der Waals surface area contributed by atoms with Crippen molar-refractivity contribution in [1.82, 2.24) is 10.2 Å². The Bertz CT molecular complexity index is 597. The Balaban J connectivity index is 1.90. The Morgan fingerprint density at radius 3 is 2.58 bits per heavy atom. The summed E-state index contributed by atoms with van der Waals surface area (Å²) in [5.41, 5.74) is 0.998. The van der Waals surface area contributed by atoms with Crippen LogP contribution in [0.4, 0.5) is 0 Å². The summed E-state index contributed by atoms with van der Waals surface area (Å²) in [7, 11) is 1.74. The Kier molecular flexibility index (Phi) is 8.10. The summed E-state index contributed by atoms with van der Waals surface area (Å²) in [5, 5.41) is 12.6. The number of aliphatic hydroxyl groups excluding tert-OH is 1. The summed E-state index contributed by atoms with van der Waals surface area (Å²) in [5.74, 6) is 0.481. The quantitative estimate of drug-likeness (QED) is 0.748. The topological polar surface area (TPSA) is 69.6 Å². The monoisotopic (exact) mass is 360 g/mol. The van der Waals surface area contributed by atoms with Crippen molar-refractivity contribution in [3.05, 3.63) is 35.4 Å². The van der Waals surface area contributed by atoms with Gasteiger partial charge in [0.25, 0.3) is 11.8 Å². The van der Waals surface area contributed by atoms with Crippen LogP contribution >= 0.6 is 0 Å². The first-order chi connectivity index (χ1) is 12.5. The smallest absolute Gasteiger partial charge is 0.253 e. The van der Waals surface area contributed by atoms with Crippen molar-refractivity contribution in [1.29, 1.82) is 0 Å². The fourth-order valence-electron chi connectivity index (χ4n) is 3.61. The second kappa shape index (κ2) is 10.3. The Morgan fingerprint density at radius 1 is 1.23 bits per heavy atom. The number of carbonyl (C=O) groups excluding carboxylic acids is 2. The maximum absolute atomic E-state index is 12.5. The second-order valence-electron chi connectivity index (χ2n) is 7.40. The lowest BCUT2D eigenvalue weighted by Gasteiger charge is -2.25. The van der Waals surface area contributed by atoms with E-state index in [1.165, 1.54) is 32.1 Å². The summed E-state index contributed by atoms with van der Waals surface area (Å²) in [6.45, 7) is 3.10. The van der Waals surface area contributed by atoms with Crippen LogP contribution in [0, 0.1) is 11.8 Å². The molecule has 1 aromatic carbocycles.